The van der Waals surface area contributed by atoms with Crippen LogP contribution < -0.4 is 5.32 Å². The Kier molecular flexibility index (Phi) is 5.01. The van der Waals surface area contributed by atoms with Gasteiger partial charge in [-0.1, -0.05) is 35.3 Å². The number of halogens is 3. The smallest absolute Gasteiger partial charge is 0.135 e. The van der Waals surface area contributed by atoms with Gasteiger partial charge < -0.3 is 9.73 Å². The molecule has 0 bridgehead atoms. The number of furan rings is 1. The van der Waals surface area contributed by atoms with Crippen LogP contribution in [0.2, 0.25) is 10.0 Å². The molecule has 0 aliphatic carbocycles. The molecule has 0 amide bonds. The fraction of sp³-hybridized carbons (Fsp3) is 0.111. The van der Waals surface area contributed by atoms with Crippen LogP contribution in [0.1, 0.15) is 11.3 Å². The molecule has 1 heterocycles. The minimum Gasteiger partial charge on any atom is -0.460 e. The van der Waals surface area contributed by atoms with Crippen LogP contribution in [0.25, 0.3) is 11.3 Å². The Labute approximate surface area is 143 Å². The standard InChI is InChI=1S/C18H14Cl2FNO/c19-13-3-7-17(20)16(9-13)18-8-6-15(23-18)11-22-10-12-1-4-14(21)5-2-12/h1-9,22H,10-11H2. The van der Waals surface area contributed by atoms with Gasteiger partial charge in [-0.15, -0.1) is 0 Å². The summed E-state index contributed by atoms with van der Waals surface area (Å²) in [5.74, 6) is 1.23. The summed E-state index contributed by atoms with van der Waals surface area (Å²) < 4.78 is 18.6. The van der Waals surface area contributed by atoms with Gasteiger partial charge >= 0.3 is 0 Å². The van der Waals surface area contributed by atoms with Crippen LogP contribution in [-0.2, 0) is 13.1 Å². The van der Waals surface area contributed by atoms with E-state index in [-0.39, 0.29) is 5.82 Å². The van der Waals surface area contributed by atoms with Crippen molar-refractivity contribution in [3.05, 3.63) is 81.8 Å². The highest BCUT2D eigenvalue weighted by Gasteiger charge is 2.09. The Bertz CT molecular complexity index is 799. The topological polar surface area (TPSA) is 25.2 Å². The molecule has 1 aromatic heterocycles. The van der Waals surface area contributed by atoms with Gasteiger partial charge in [-0.25, -0.2) is 4.39 Å². The Hall–Kier alpha value is -1.81. The van der Waals surface area contributed by atoms with Gasteiger partial charge in [0.1, 0.15) is 17.3 Å². The fourth-order valence-corrected chi connectivity index (χ4v) is 2.62. The number of nitrogens with one attached hydrogen (secondary N) is 1. The zero-order valence-corrected chi connectivity index (χ0v) is 13.7. The van der Waals surface area contributed by atoms with Gasteiger partial charge in [0.05, 0.1) is 11.6 Å². The van der Waals surface area contributed by atoms with E-state index < -0.39 is 0 Å². The van der Waals surface area contributed by atoms with Crippen molar-refractivity contribution in [1.82, 2.24) is 5.32 Å². The van der Waals surface area contributed by atoms with Crippen LogP contribution in [0.3, 0.4) is 0 Å². The molecule has 0 atom stereocenters. The summed E-state index contributed by atoms with van der Waals surface area (Å²) in [5, 5.41) is 4.45. The highest BCUT2D eigenvalue weighted by Crippen LogP contribution is 2.31. The van der Waals surface area contributed by atoms with E-state index in [1.54, 1.807) is 30.3 Å². The van der Waals surface area contributed by atoms with Crippen molar-refractivity contribution in [1.29, 1.82) is 0 Å². The minimum atomic E-state index is -0.233. The van der Waals surface area contributed by atoms with E-state index in [0.29, 0.717) is 28.9 Å². The second-order valence-corrected chi connectivity index (χ2v) is 5.96. The molecular formula is C18H14Cl2FNO. The summed E-state index contributed by atoms with van der Waals surface area (Å²) >= 11 is 12.2. The van der Waals surface area contributed by atoms with Crippen molar-refractivity contribution < 1.29 is 8.81 Å². The lowest BCUT2D eigenvalue weighted by molar-refractivity contribution is 0.493. The summed E-state index contributed by atoms with van der Waals surface area (Å²) in [6.45, 7) is 1.20. The van der Waals surface area contributed by atoms with Crippen LogP contribution >= 0.6 is 23.2 Å². The van der Waals surface area contributed by atoms with Crippen molar-refractivity contribution in [2.24, 2.45) is 0 Å². The molecule has 3 aromatic rings. The highest BCUT2D eigenvalue weighted by molar-refractivity contribution is 6.35. The summed E-state index contributed by atoms with van der Waals surface area (Å²) in [7, 11) is 0. The van der Waals surface area contributed by atoms with Crippen molar-refractivity contribution in [2.45, 2.75) is 13.1 Å². The molecule has 0 unspecified atom stereocenters. The Morgan fingerprint density at radius 2 is 1.70 bits per heavy atom. The molecule has 2 nitrogen and oxygen atoms in total. The fourth-order valence-electron chi connectivity index (χ4n) is 2.24. The monoisotopic (exact) mass is 349 g/mol. The molecule has 5 heteroatoms. The third kappa shape index (κ3) is 4.14. The maximum absolute atomic E-state index is 12.8. The van der Waals surface area contributed by atoms with Gasteiger partial charge in [-0.05, 0) is 48.0 Å². The van der Waals surface area contributed by atoms with Crippen LogP contribution in [0.4, 0.5) is 4.39 Å². The average Bonchev–Trinajstić information content (AvgIpc) is 3.00. The molecule has 3 rings (SSSR count). The van der Waals surface area contributed by atoms with Gasteiger partial charge in [0, 0.05) is 17.1 Å². The molecule has 2 aromatic carbocycles. The lowest BCUT2D eigenvalue weighted by Crippen LogP contribution is -2.11. The van der Waals surface area contributed by atoms with Crippen LogP contribution in [-0.4, -0.2) is 0 Å². The Morgan fingerprint density at radius 1 is 0.913 bits per heavy atom. The van der Waals surface area contributed by atoms with E-state index in [2.05, 4.69) is 5.32 Å². The first-order valence-corrected chi connectivity index (χ1v) is 7.87. The molecule has 0 spiro atoms. The summed E-state index contributed by atoms with van der Waals surface area (Å²) in [5.41, 5.74) is 1.78. The third-order valence-corrected chi connectivity index (χ3v) is 3.96. The second-order valence-electron chi connectivity index (χ2n) is 5.12. The van der Waals surface area contributed by atoms with E-state index >= 15 is 0 Å². The quantitative estimate of drug-likeness (QED) is 0.640. The summed E-state index contributed by atoms with van der Waals surface area (Å²) in [6.07, 6.45) is 0. The van der Waals surface area contributed by atoms with Crippen LogP contribution in [0.15, 0.2) is 59.0 Å². The van der Waals surface area contributed by atoms with Crippen molar-refractivity contribution in [2.75, 3.05) is 0 Å². The van der Waals surface area contributed by atoms with Crippen LogP contribution in [0.5, 0.6) is 0 Å². The SMILES string of the molecule is Fc1ccc(CNCc2ccc(-c3cc(Cl)ccc3Cl)o2)cc1. The molecule has 0 aliphatic heterocycles. The number of benzene rings is 2. The van der Waals surface area contributed by atoms with Crippen molar-refractivity contribution >= 4 is 23.2 Å². The first-order chi connectivity index (χ1) is 11.1. The van der Waals surface area contributed by atoms with Gasteiger partial charge in [0.15, 0.2) is 0 Å². The number of hydrogen-bond donors (Lipinski definition) is 1. The van der Waals surface area contributed by atoms with Gasteiger partial charge in [-0.2, -0.15) is 0 Å². The first-order valence-electron chi connectivity index (χ1n) is 7.11. The maximum Gasteiger partial charge on any atom is 0.135 e. The molecule has 0 saturated heterocycles. The molecule has 0 saturated carbocycles. The predicted molar refractivity (Wildman–Crippen MR) is 91.1 cm³/mol. The van der Waals surface area contributed by atoms with Crippen LogP contribution in [0, 0.1) is 5.82 Å². The summed E-state index contributed by atoms with van der Waals surface area (Å²) in [4.78, 5) is 0. The Morgan fingerprint density at radius 3 is 2.48 bits per heavy atom. The molecule has 0 radical (unpaired) electrons. The van der Waals surface area contributed by atoms with E-state index in [4.69, 9.17) is 27.6 Å². The average molecular weight is 350 g/mol. The van der Waals surface area contributed by atoms with Gasteiger partial charge in [-0.3, -0.25) is 0 Å². The molecule has 0 aliphatic rings. The van der Waals surface area contributed by atoms with E-state index in [1.807, 2.05) is 12.1 Å². The van der Waals surface area contributed by atoms with E-state index in [1.165, 1.54) is 12.1 Å². The minimum absolute atomic E-state index is 0.233. The first kappa shape index (κ1) is 16.1. The van der Waals surface area contributed by atoms with Gasteiger partial charge in [0.25, 0.3) is 0 Å². The molecular weight excluding hydrogens is 336 g/mol. The second kappa shape index (κ2) is 7.18. The van der Waals surface area contributed by atoms with Crippen molar-refractivity contribution in [3.63, 3.8) is 0 Å². The predicted octanol–water partition coefficient (Wildman–Crippen LogP) is 5.68. The normalized spacial score (nSPS) is 10.9. The molecule has 118 valence electrons. The number of rotatable bonds is 5. The largest absolute Gasteiger partial charge is 0.460 e. The molecule has 23 heavy (non-hydrogen) atoms. The lowest BCUT2D eigenvalue weighted by atomic mass is 10.2. The number of hydrogen-bond acceptors (Lipinski definition) is 2. The maximum atomic E-state index is 12.8. The third-order valence-electron chi connectivity index (χ3n) is 3.40. The zero-order valence-electron chi connectivity index (χ0n) is 12.2. The lowest BCUT2D eigenvalue weighted by Gasteiger charge is -2.04. The Balaban J connectivity index is 1.63. The molecule has 1 N–H and O–H groups in total. The van der Waals surface area contributed by atoms with E-state index in [9.17, 15) is 4.39 Å². The highest BCUT2D eigenvalue weighted by atomic mass is 35.5. The van der Waals surface area contributed by atoms with E-state index in [0.717, 1.165) is 16.9 Å². The van der Waals surface area contributed by atoms with Crippen molar-refractivity contribution in [3.8, 4) is 11.3 Å². The molecule has 0 fully saturated rings. The zero-order chi connectivity index (χ0) is 16.2. The summed E-state index contributed by atoms with van der Waals surface area (Å²) in [6, 6.07) is 15.4. The van der Waals surface area contributed by atoms with Gasteiger partial charge in [0.2, 0.25) is 0 Å².